The highest BCUT2D eigenvalue weighted by atomic mass is 19.1. The molecule has 1 aromatic heterocycles. The smallest absolute Gasteiger partial charge is 0.224 e. The van der Waals surface area contributed by atoms with Crippen LogP contribution in [0, 0.1) is 5.82 Å². The van der Waals surface area contributed by atoms with Crippen LogP contribution in [0.5, 0.6) is 23.1 Å². The van der Waals surface area contributed by atoms with Crippen LogP contribution in [0.3, 0.4) is 0 Å². The molecule has 3 heterocycles. The third kappa shape index (κ3) is 4.60. The molecule has 1 fully saturated rings. The van der Waals surface area contributed by atoms with Gasteiger partial charge in [-0.05, 0) is 36.8 Å². The quantitative estimate of drug-likeness (QED) is 0.601. The lowest BCUT2D eigenvalue weighted by Crippen LogP contribution is -2.51. The Bertz CT molecular complexity index is 1100. The maximum Gasteiger partial charge on any atom is 0.224 e. The first-order valence-corrected chi connectivity index (χ1v) is 10.8. The molecular weight excluding hydrogens is 411 g/mol. The standard InChI is InChI=1S/C24H25FN4O3/c1-17-14-29(23-13-24(27-16-26-23)32-20-4-2-3-19(25)12-20)8-7-28(17)15-18-5-6-21-22(11-18)31-10-9-30-21/h2-6,11-13,16-17H,7-10,14-15H2,1H3. The van der Waals surface area contributed by atoms with E-state index in [4.69, 9.17) is 14.2 Å². The second kappa shape index (κ2) is 9.00. The highest BCUT2D eigenvalue weighted by Crippen LogP contribution is 2.32. The van der Waals surface area contributed by atoms with E-state index in [2.05, 4.69) is 38.8 Å². The summed E-state index contributed by atoms with van der Waals surface area (Å²) in [5, 5.41) is 0. The summed E-state index contributed by atoms with van der Waals surface area (Å²) < 4.78 is 30.5. The van der Waals surface area contributed by atoms with Gasteiger partial charge in [-0.3, -0.25) is 4.90 Å². The van der Waals surface area contributed by atoms with Crippen molar-refractivity contribution in [2.75, 3.05) is 37.7 Å². The molecule has 32 heavy (non-hydrogen) atoms. The van der Waals surface area contributed by atoms with Crippen molar-refractivity contribution in [3.63, 3.8) is 0 Å². The lowest BCUT2D eigenvalue weighted by molar-refractivity contribution is 0.168. The van der Waals surface area contributed by atoms with Crippen LogP contribution in [-0.2, 0) is 6.54 Å². The Morgan fingerprint density at radius 2 is 1.91 bits per heavy atom. The van der Waals surface area contributed by atoms with E-state index in [0.717, 1.165) is 43.5 Å². The lowest BCUT2D eigenvalue weighted by Gasteiger charge is -2.40. The zero-order valence-electron chi connectivity index (χ0n) is 17.9. The van der Waals surface area contributed by atoms with Crippen molar-refractivity contribution in [1.82, 2.24) is 14.9 Å². The molecule has 0 spiro atoms. The third-order valence-corrected chi connectivity index (χ3v) is 5.73. The molecule has 0 amide bonds. The Balaban J connectivity index is 1.22. The normalized spacial score (nSPS) is 18.4. The molecule has 2 aliphatic heterocycles. The van der Waals surface area contributed by atoms with E-state index in [0.29, 0.717) is 30.9 Å². The first-order chi connectivity index (χ1) is 15.6. The summed E-state index contributed by atoms with van der Waals surface area (Å²) in [5.74, 6) is 2.90. The molecule has 3 aromatic rings. The van der Waals surface area contributed by atoms with Crippen molar-refractivity contribution in [3.05, 3.63) is 66.2 Å². The van der Waals surface area contributed by atoms with Crippen LogP contribution in [0.1, 0.15) is 12.5 Å². The molecular formula is C24H25FN4O3. The zero-order valence-corrected chi connectivity index (χ0v) is 17.9. The zero-order chi connectivity index (χ0) is 21.9. The van der Waals surface area contributed by atoms with Gasteiger partial charge >= 0.3 is 0 Å². The number of halogens is 1. The molecule has 5 rings (SSSR count). The lowest BCUT2D eigenvalue weighted by atomic mass is 10.1. The first kappa shape index (κ1) is 20.5. The molecule has 7 nitrogen and oxygen atoms in total. The third-order valence-electron chi connectivity index (χ3n) is 5.73. The highest BCUT2D eigenvalue weighted by molar-refractivity contribution is 5.45. The number of rotatable bonds is 5. The van der Waals surface area contributed by atoms with Crippen molar-refractivity contribution in [2.45, 2.75) is 19.5 Å². The van der Waals surface area contributed by atoms with Crippen LogP contribution in [-0.4, -0.2) is 53.8 Å². The number of nitrogens with zero attached hydrogens (tertiary/aromatic N) is 4. The first-order valence-electron chi connectivity index (χ1n) is 10.8. The molecule has 2 aromatic carbocycles. The number of anilines is 1. The monoisotopic (exact) mass is 436 g/mol. The van der Waals surface area contributed by atoms with Crippen LogP contribution < -0.4 is 19.1 Å². The summed E-state index contributed by atoms with van der Waals surface area (Å²) in [6, 6.07) is 14.3. The van der Waals surface area contributed by atoms with Crippen molar-refractivity contribution in [2.24, 2.45) is 0 Å². The maximum absolute atomic E-state index is 13.4. The van der Waals surface area contributed by atoms with E-state index in [9.17, 15) is 4.39 Å². The Morgan fingerprint density at radius 1 is 1.03 bits per heavy atom. The Labute approximate surface area is 186 Å². The van der Waals surface area contributed by atoms with E-state index in [1.165, 1.54) is 24.0 Å². The minimum absolute atomic E-state index is 0.333. The van der Waals surface area contributed by atoms with Gasteiger partial charge in [-0.25, -0.2) is 14.4 Å². The van der Waals surface area contributed by atoms with E-state index in [1.807, 2.05) is 6.07 Å². The van der Waals surface area contributed by atoms with Crippen LogP contribution in [0.25, 0.3) is 0 Å². The topological polar surface area (TPSA) is 60.0 Å². The average Bonchev–Trinajstić information content (AvgIpc) is 2.80. The molecule has 0 aliphatic carbocycles. The maximum atomic E-state index is 13.4. The van der Waals surface area contributed by atoms with Gasteiger partial charge in [-0.2, -0.15) is 0 Å². The van der Waals surface area contributed by atoms with Gasteiger partial charge in [0.1, 0.15) is 36.9 Å². The summed E-state index contributed by atoms with van der Waals surface area (Å²) in [7, 11) is 0. The Kier molecular flexibility index (Phi) is 5.77. The van der Waals surface area contributed by atoms with Gasteiger partial charge in [0.25, 0.3) is 0 Å². The molecule has 1 atom stereocenters. The van der Waals surface area contributed by atoms with Gasteiger partial charge in [0.2, 0.25) is 5.88 Å². The SMILES string of the molecule is CC1CN(c2cc(Oc3cccc(F)c3)ncn2)CCN1Cc1ccc2c(c1)OCCO2. The minimum Gasteiger partial charge on any atom is -0.486 e. The molecule has 0 N–H and O–H groups in total. The minimum atomic E-state index is -0.347. The van der Waals surface area contributed by atoms with Gasteiger partial charge in [0.05, 0.1) is 0 Å². The Hall–Kier alpha value is -3.39. The van der Waals surface area contributed by atoms with E-state index in [-0.39, 0.29) is 5.82 Å². The number of piperazine rings is 1. The predicted molar refractivity (Wildman–Crippen MR) is 118 cm³/mol. The van der Waals surface area contributed by atoms with Crippen LogP contribution >= 0.6 is 0 Å². The molecule has 1 saturated heterocycles. The number of fused-ring (bicyclic) bond motifs is 1. The molecule has 2 aliphatic rings. The molecule has 1 unspecified atom stereocenters. The summed E-state index contributed by atoms with van der Waals surface area (Å²) in [6.45, 7) is 6.84. The van der Waals surface area contributed by atoms with Crippen LogP contribution in [0.2, 0.25) is 0 Å². The fourth-order valence-corrected chi connectivity index (χ4v) is 4.07. The number of hydrogen-bond donors (Lipinski definition) is 0. The van der Waals surface area contributed by atoms with Gasteiger partial charge in [0.15, 0.2) is 11.5 Å². The van der Waals surface area contributed by atoms with Crippen molar-refractivity contribution in [1.29, 1.82) is 0 Å². The average molecular weight is 436 g/mol. The van der Waals surface area contributed by atoms with Crippen LogP contribution in [0.4, 0.5) is 10.2 Å². The number of benzene rings is 2. The summed E-state index contributed by atoms with van der Waals surface area (Å²) in [6.07, 6.45) is 1.48. The number of hydrogen-bond acceptors (Lipinski definition) is 7. The molecule has 0 saturated carbocycles. The van der Waals surface area contributed by atoms with Gasteiger partial charge in [0, 0.05) is 44.4 Å². The predicted octanol–water partition coefficient (Wildman–Crippen LogP) is 3.89. The summed E-state index contributed by atoms with van der Waals surface area (Å²) in [5.41, 5.74) is 1.21. The van der Waals surface area contributed by atoms with E-state index >= 15 is 0 Å². The largest absolute Gasteiger partial charge is 0.486 e. The van der Waals surface area contributed by atoms with Crippen molar-refractivity contribution in [3.8, 4) is 23.1 Å². The molecule has 166 valence electrons. The molecule has 0 bridgehead atoms. The molecule has 0 radical (unpaired) electrons. The molecule has 8 heteroatoms. The van der Waals surface area contributed by atoms with E-state index < -0.39 is 0 Å². The summed E-state index contributed by atoms with van der Waals surface area (Å²) in [4.78, 5) is 13.3. The fourth-order valence-electron chi connectivity index (χ4n) is 4.07. The van der Waals surface area contributed by atoms with Crippen molar-refractivity contribution < 1.29 is 18.6 Å². The second-order valence-corrected chi connectivity index (χ2v) is 8.02. The van der Waals surface area contributed by atoms with Gasteiger partial charge in [-0.1, -0.05) is 12.1 Å². The number of ether oxygens (including phenoxy) is 3. The van der Waals surface area contributed by atoms with Gasteiger partial charge in [-0.15, -0.1) is 0 Å². The van der Waals surface area contributed by atoms with Crippen LogP contribution in [0.15, 0.2) is 54.9 Å². The number of aromatic nitrogens is 2. The fraction of sp³-hybridized carbons (Fsp3) is 0.333. The second-order valence-electron chi connectivity index (χ2n) is 8.02. The van der Waals surface area contributed by atoms with Crippen molar-refractivity contribution >= 4 is 5.82 Å². The summed E-state index contributed by atoms with van der Waals surface area (Å²) >= 11 is 0. The Morgan fingerprint density at radius 3 is 2.75 bits per heavy atom. The highest BCUT2D eigenvalue weighted by Gasteiger charge is 2.25. The van der Waals surface area contributed by atoms with E-state index in [1.54, 1.807) is 18.2 Å². The van der Waals surface area contributed by atoms with Gasteiger partial charge < -0.3 is 19.1 Å².